The maximum atomic E-state index is 10.8. The van der Waals surface area contributed by atoms with Crippen LogP contribution in [0, 0.1) is 5.92 Å². The van der Waals surface area contributed by atoms with Gasteiger partial charge in [0.05, 0.1) is 6.10 Å². The molecular weight excluding hydrogens is 182 g/mol. The monoisotopic (exact) mass is 201 g/mol. The van der Waals surface area contributed by atoms with Gasteiger partial charge in [0.1, 0.15) is 5.78 Å². The van der Waals surface area contributed by atoms with Gasteiger partial charge < -0.3 is 15.6 Å². The Balaban J connectivity index is 2.34. The van der Waals surface area contributed by atoms with Gasteiger partial charge in [-0.25, -0.2) is 0 Å². The summed E-state index contributed by atoms with van der Waals surface area (Å²) in [5.74, 6) is -0.696. The fourth-order valence-corrected chi connectivity index (χ4v) is 1.53. The fourth-order valence-electron chi connectivity index (χ4n) is 1.53. The van der Waals surface area contributed by atoms with Crippen molar-refractivity contribution < 1.29 is 14.6 Å². The summed E-state index contributed by atoms with van der Waals surface area (Å²) in [5, 5.41) is 9.47. The first-order chi connectivity index (χ1) is 6.42. The van der Waals surface area contributed by atoms with E-state index in [9.17, 15) is 9.90 Å². The first-order valence-corrected chi connectivity index (χ1v) is 5.05. The van der Waals surface area contributed by atoms with Crippen molar-refractivity contribution >= 4 is 5.78 Å². The van der Waals surface area contributed by atoms with E-state index >= 15 is 0 Å². The molecule has 4 heteroatoms. The van der Waals surface area contributed by atoms with Crippen molar-refractivity contribution in [3.8, 4) is 0 Å². The molecule has 4 nitrogen and oxygen atoms in total. The number of Topliss-reactive ketones (excluding diaryl/α,β-unsaturated/α-hetero) is 1. The van der Waals surface area contributed by atoms with E-state index in [1.807, 2.05) is 0 Å². The molecule has 0 radical (unpaired) electrons. The third-order valence-corrected chi connectivity index (χ3v) is 2.23. The third kappa shape index (κ3) is 4.17. The molecule has 1 saturated carbocycles. The Hall–Kier alpha value is -0.450. The van der Waals surface area contributed by atoms with Gasteiger partial charge in [0.2, 0.25) is 0 Å². The van der Waals surface area contributed by atoms with E-state index in [1.54, 1.807) is 13.8 Å². The Morgan fingerprint density at radius 1 is 1.71 bits per heavy atom. The summed E-state index contributed by atoms with van der Waals surface area (Å²) in [6.07, 6.45) is 1.95. The number of carbonyl (C=O) groups excluding carboxylic acids is 1. The maximum Gasteiger partial charge on any atom is 0.160 e. The minimum atomic E-state index is -1.14. The predicted octanol–water partition coefficient (Wildman–Crippen LogP) is 0.428. The van der Waals surface area contributed by atoms with Crippen LogP contribution in [-0.4, -0.2) is 29.3 Å². The first kappa shape index (κ1) is 11.6. The quantitative estimate of drug-likeness (QED) is 0.611. The summed E-state index contributed by atoms with van der Waals surface area (Å²) in [6.45, 7) is 3.69. The van der Waals surface area contributed by atoms with E-state index in [1.165, 1.54) is 0 Å². The standard InChI is InChI=1S/C10H19NO3/c1-10(2,13)14-8(3-4-11)5-7-6-9(7)12/h7-8,13H,3-6,11H2,1-2H3. The number of hydrogen-bond donors (Lipinski definition) is 2. The molecule has 1 aliphatic carbocycles. The lowest BCUT2D eigenvalue weighted by Gasteiger charge is -2.25. The van der Waals surface area contributed by atoms with Crippen molar-refractivity contribution in [2.75, 3.05) is 6.54 Å². The highest BCUT2D eigenvalue weighted by molar-refractivity contribution is 5.95. The Labute approximate surface area is 84.4 Å². The highest BCUT2D eigenvalue weighted by Gasteiger charge is 2.37. The summed E-state index contributed by atoms with van der Waals surface area (Å²) < 4.78 is 5.40. The van der Waals surface area contributed by atoms with Crippen molar-refractivity contribution in [3.05, 3.63) is 0 Å². The molecule has 0 bridgehead atoms. The summed E-state index contributed by atoms with van der Waals surface area (Å²) in [6, 6.07) is 0. The topological polar surface area (TPSA) is 72.6 Å². The second-order valence-electron chi connectivity index (χ2n) is 4.37. The van der Waals surface area contributed by atoms with Gasteiger partial charge in [0, 0.05) is 12.3 Å². The van der Waals surface area contributed by atoms with Crippen LogP contribution < -0.4 is 5.73 Å². The average Bonchev–Trinajstić information content (AvgIpc) is 2.63. The maximum absolute atomic E-state index is 10.8. The zero-order chi connectivity index (χ0) is 10.8. The number of hydrogen-bond acceptors (Lipinski definition) is 4. The molecule has 2 atom stereocenters. The fraction of sp³-hybridized carbons (Fsp3) is 0.900. The number of nitrogens with two attached hydrogens (primary N) is 1. The van der Waals surface area contributed by atoms with Crippen LogP contribution >= 0.6 is 0 Å². The second kappa shape index (κ2) is 4.38. The molecule has 0 aromatic rings. The highest BCUT2D eigenvalue weighted by Crippen LogP contribution is 2.31. The SMILES string of the molecule is CC(C)(O)OC(CCN)CC1CC1=O. The molecule has 82 valence electrons. The molecule has 14 heavy (non-hydrogen) atoms. The van der Waals surface area contributed by atoms with Gasteiger partial charge in [-0.2, -0.15) is 0 Å². The van der Waals surface area contributed by atoms with Crippen molar-refractivity contribution in [1.82, 2.24) is 0 Å². The molecule has 1 aliphatic rings. The average molecular weight is 201 g/mol. The van der Waals surface area contributed by atoms with Crippen LogP contribution in [0.25, 0.3) is 0 Å². The number of aliphatic hydroxyl groups is 1. The zero-order valence-corrected chi connectivity index (χ0v) is 8.82. The zero-order valence-electron chi connectivity index (χ0n) is 8.82. The first-order valence-electron chi connectivity index (χ1n) is 5.05. The lowest BCUT2D eigenvalue weighted by molar-refractivity contribution is -0.208. The normalized spacial score (nSPS) is 23.7. The molecule has 0 amide bonds. The van der Waals surface area contributed by atoms with E-state index < -0.39 is 5.79 Å². The largest absolute Gasteiger partial charge is 0.366 e. The van der Waals surface area contributed by atoms with Gasteiger partial charge in [0.25, 0.3) is 0 Å². The Morgan fingerprint density at radius 3 is 2.64 bits per heavy atom. The molecule has 0 aliphatic heterocycles. The number of ether oxygens (including phenoxy) is 1. The number of ketones is 1. The van der Waals surface area contributed by atoms with Crippen LogP contribution in [0.15, 0.2) is 0 Å². The molecule has 0 aromatic heterocycles. The molecule has 3 N–H and O–H groups in total. The van der Waals surface area contributed by atoms with Crippen LogP contribution in [0.2, 0.25) is 0 Å². The van der Waals surface area contributed by atoms with Crippen molar-refractivity contribution in [2.24, 2.45) is 11.7 Å². The molecule has 1 rings (SSSR count). The van der Waals surface area contributed by atoms with E-state index in [-0.39, 0.29) is 12.0 Å². The van der Waals surface area contributed by atoms with E-state index in [0.717, 1.165) is 0 Å². The summed E-state index contributed by atoms with van der Waals surface area (Å²) in [7, 11) is 0. The highest BCUT2D eigenvalue weighted by atomic mass is 16.6. The molecule has 1 fully saturated rings. The number of rotatable bonds is 6. The van der Waals surface area contributed by atoms with Gasteiger partial charge in [-0.05, 0) is 33.2 Å². The van der Waals surface area contributed by atoms with Crippen LogP contribution in [0.3, 0.4) is 0 Å². The van der Waals surface area contributed by atoms with Crippen molar-refractivity contribution in [3.63, 3.8) is 0 Å². The lowest BCUT2D eigenvalue weighted by Crippen LogP contribution is -2.32. The smallest absolute Gasteiger partial charge is 0.160 e. The van der Waals surface area contributed by atoms with Gasteiger partial charge >= 0.3 is 0 Å². The molecule has 0 spiro atoms. The lowest BCUT2D eigenvalue weighted by atomic mass is 10.1. The predicted molar refractivity (Wildman–Crippen MR) is 52.6 cm³/mol. The van der Waals surface area contributed by atoms with Crippen LogP contribution in [-0.2, 0) is 9.53 Å². The van der Waals surface area contributed by atoms with Crippen molar-refractivity contribution in [1.29, 1.82) is 0 Å². The van der Waals surface area contributed by atoms with E-state index in [0.29, 0.717) is 31.6 Å². The van der Waals surface area contributed by atoms with Crippen LogP contribution in [0.1, 0.15) is 33.1 Å². The van der Waals surface area contributed by atoms with Crippen LogP contribution in [0.4, 0.5) is 0 Å². The minimum Gasteiger partial charge on any atom is -0.366 e. The Kier molecular flexibility index (Phi) is 3.64. The van der Waals surface area contributed by atoms with Gasteiger partial charge in [-0.3, -0.25) is 4.79 Å². The van der Waals surface area contributed by atoms with Crippen molar-refractivity contribution in [2.45, 2.75) is 45.0 Å². The summed E-state index contributed by atoms with van der Waals surface area (Å²) in [5.41, 5.74) is 5.43. The van der Waals surface area contributed by atoms with Gasteiger partial charge in [-0.1, -0.05) is 0 Å². The molecule has 0 heterocycles. The Morgan fingerprint density at radius 2 is 2.29 bits per heavy atom. The third-order valence-electron chi connectivity index (χ3n) is 2.23. The molecule has 2 unspecified atom stereocenters. The number of carbonyl (C=O) groups is 1. The minimum absolute atomic E-state index is 0.101. The Bertz CT molecular complexity index is 210. The van der Waals surface area contributed by atoms with Gasteiger partial charge in [-0.15, -0.1) is 0 Å². The molecular formula is C10H19NO3. The molecule has 0 aromatic carbocycles. The summed E-state index contributed by atoms with van der Waals surface area (Å²) >= 11 is 0. The summed E-state index contributed by atoms with van der Waals surface area (Å²) in [4.78, 5) is 10.8. The van der Waals surface area contributed by atoms with Crippen LogP contribution in [0.5, 0.6) is 0 Å². The van der Waals surface area contributed by atoms with Gasteiger partial charge in [0.15, 0.2) is 5.79 Å². The second-order valence-corrected chi connectivity index (χ2v) is 4.37. The molecule has 0 saturated heterocycles. The van der Waals surface area contributed by atoms with E-state index in [2.05, 4.69) is 0 Å². The van der Waals surface area contributed by atoms with E-state index in [4.69, 9.17) is 10.5 Å².